The van der Waals surface area contributed by atoms with Crippen LogP contribution in [0.15, 0.2) is 46.9 Å². The number of fused-ring (bicyclic) bond motifs is 1. The van der Waals surface area contributed by atoms with E-state index in [-0.39, 0.29) is 6.10 Å². The lowest BCUT2D eigenvalue weighted by atomic mass is 10.1. The number of ether oxygens (including phenoxy) is 1. The first-order valence-electron chi connectivity index (χ1n) is 5.97. The largest absolute Gasteiger partial charge is 0.481 e. The molecule has 0 saturated heterocycles. The van der Waals surface area contributed by atoms with E-state index in [1.54, 1.807) is 0 Å². The van der Waals surface area contributed by atoms with Crippen LogP contribution in [0.5, 0.6) is 5.75 Å². The third-order valence-corrected chi connectivity index (χ3v) is 3.74. The fraction of sp³-hybridized carbons (Fsp3) is 0.133. The molecular formula is C15H11BrN2O. The van der Waals surface area contributed by atoms with Crippen molar-refractivity contribution in [2.75, 3.05) is 11.9 Å². The van der Waals surface area contributed by atoms with Gasteiger partial charge in [-0.1, -0.05) is 18.2 Å². The molecule has 0 aromatic heterocycles. The molecule has 0 saturated carbocycles. The third-order valence-electron chi connectivity index (χ3n) is 3.12. The van der Waals surface area contributed by atoms with Crippen molar-refractivity contribution in [1.29, 1.82) is 5.26 Å². The van der Waals surface area contributed by atoms with Gasteiger partial charge in [-0.3, -0.25) is 0 Å². The molecule has 0 spiro atoms. The lowest BCUT2D eigenvalue weighted by Crippen LogP contribution is -2.23. The van der Waals surface area contributed by atoms with Crippen LogP contribution in [0.25, 0.3) is 0 Å². The first-order chi connectivity index (χ1) is 9.28. The van der Waals surface area contributed by atoms with E-state index < -0.39 is 0 Å². The predicted molar refractivity (Wildman–Crippen MR) is 77.2 cm³/mol. The molecule has 3 nitrogen and oxygen atoms in total. The summed E-state index contributed by atoms with van der Waals surface area (Å²) in [4.78, 5) is 0. The number of nitrogens with one attached hydrogen (secondary N) is 1. The maximum absolute atomic E-state index is 8.81. The summed E-state index contributed by atoms with van der Waals surface area (Å²) < 4.78 is 6.97. The Kier molecular flexibility index (Phi) is 3.14. The standard InChI is InChI=1S/C15H11BrN2O/c16-12-2-1-3-13-15(12)19-14(9-18-13)11-6-4-10(8-17)5-7-11/h1-7,14,18H,9H2. The van der Waals surface area contributed by atoms with Crippen molar-refractivity contribution in [2.45, 2.75) is 6.10 Å². The van der Waals surface area contributed by atoms with Gasteiger partial charge in [0.2, 0.25) is 0 Å². The Morgan fingerprint density at radius 3 is 2.74 bits per heavy atom. The minimum absolute atomic E-state index is 0.0426. The van der Waals surface area contributed by atoms with Crippen LogP contribution >= 0.6 is 15.9 Å². The zero-order valence-electron chi connectivity index (χ0n) is 10.1. The second kappa shape index (κ2) is 4.94. The van der Waals surface area contributed by atoms with Crippen LogP contribution < -0.4 is 10.1 Å². The van der Waals surface area contributed by atoms with Gasteiger partial charge in [0.15, 0.2) is 5.75 Å². The maximum atomic E-state index is 8.81. The van der Waals surface area contributed by atoms with E-state index in [4.69, 9.17) is 10.00 Å². The summed E-state index contributed by atoms with van der Waals surface area (Å²) in [5.41, 5.74) is 2.72. The number of rotatable bonds is 1. The first-order valence-corrected chi connectivity index (χ1v) is 6.76. The maximum Gasteiger partial charge on any atom is 0.157 e. The Morgan fingerprint density at radius 1 is 1.21 bits per heavy atom. The Morgan fingerprint density at radius 2 is 2.00 bits per heavy atom. The summed E-state index contributed by atoms with van der Waals surface area (Å²) in [5.74, 6) is 0.836. The van der Waals surface area contributed by atoms with Crippen LogP contribution in [-0.4, -0.2) is 6.54 Å². The molecule has 4 heteroatoms. The molecule has 1 unspecified atom stereocenters. The first kappa shape index (κ1) is 12.1. The molecule has 2 aromatic carbocycles. The topological polar surface area (TPSA) is 45.0 Å². The lowest BCUT2D eigenvalue weighted by Gasteiger charge is -2.28. The van der Waals surface area contributed by atoms with Gasteiger partial charge >= 0.3 is 0 Å². The fourth-order valence-electron chi connectivity index (χ4n) is 2.11. The summed E-state index contributed by atoms with van der Waals surface area (Å²) in [6.45, 7) is 0.718. The van der Waals surface area contributed by atoms with E-state index in [2.05, 4.69) is 27.3 Å². The van der Waals surface area contributed by atoms with E-state index in [1.165, 1.54) is 0 Å². The summed E-state index contributed by atoms with van der Waals surface area (Å²) in [6.07, 6.45) is -0.0426. The van der Waals surface area contributed by atoms with Crippen molar-refractivity contribution >= 4 is 21.6 Å². The van der Waals surface area contributed by atoms with Crippen LogP contribution in [0, 0.1) is 11.3 Å². The van der Waals surface area contributed by atoms with Gasteiger partial charge in [-0.15, -0.1) is 0 Å². The molecular weight excluding hydrogens is 304 g/mol. The molecule has 1 aliphatic heterocycles. The van der Waals surface area contributed by atoms with Crippen LogP contribution in [-0.2, 0) is 0 Å². The minimum Gasteiger partial charge on any atom is -0.481 e. The summed E-state index contributed by atoms with van der Waals surface area (Å²) in [6, 6.07) is 15.5. The zero-order chi connectivity index (χ0) is 13.2. The lowest BCUT2D eigenvalue weighted by molar-refractivity contribution is 0.209. The number of halogens is 1. The molecule has 1 aliphatic rings. The van der Waals surface area contributed by atoms with E-state index in [1.807, 2.05) is 42.5 Å². The predicted octanol–water partition coefficient (Wildman–Crippen LogP) is 3.87. The number of para-hydroxylation sites is 1. The van der Waals surface area contributed by atoms with Gasteiger partial charge in [-0.2, -0.15) is 5.26 Å². The number of nitriles is 1. The molecule has 1 N–H and O–H groups in total. The Labute approximate surface area is 120 Å². The average molecular weight is 315 g/mol. The molecule has 2 aromatic rings. The molecule has 0 bridgehead atoms. The SMILES string of the molecule is N#Cc1ccc(C2CNc3cccc(Br)c3O2)cc1. The van der Waals surface area contributed by atoms with Crippen molar-refractivity contribution < 1.29 is 4.74 Å². The summed E-state index contributed by atoms with van der Waals surface area (Å²) in [7, 11) is 0. The van der Waals surface area contributed by atoms with E-state index >= 15 is 0 Å². The van der Waals surface area contributed by atoms with Crippen LogP contribution in [0.3, 0.4) is 0 Å². The fourth-order valence-corrected chi connectivity index (χ4v) is 2.57. The third kappa shape index (κ3) is 2.29. The molecule has 19 heavy (non-hydrogen) atoms. The highest BCUT2D eigenvalue weighted by molar-refractivity contribution is 9.10. The van der Waals surface area contributed by atoms with Gasteiger partial charge in [-0.25, -0.2) is 0 Å². The molecule has 0 radical (unpaired) electrons. The van der Waals surface area contributed by atoms with Gasteiger partial charge in [-0.05, 0) is 45.8 Å². The second-order valence-corrected chi connectivity index (χ2v) is 5.19. The van der Waals surface area contributed by atoms with Crippen molar-refractivity contribution in [3.8, 4) is 11.8 Å². The number of nitrogens with zero attached hydrogens (tertiary/aromatic N) is 1. The molecule has 0 amide bonds. The number of hydrogen-bond donors (Lipinski definition) is 1. The monoisotopic (exact) mass is 314 g/mol. The van der Waals surface area contributed by atoms with Gasteiger partial charge in [0.25, 0.3) is 0 Å². The smallest absolute Gasteiger partial charge is 0.157 e. The molecule has 0 fully saturated rings. The molecule has 3 rings (SSSR count). The van der Waals surface area contributed by atoms with E-state index in [0.29, 0.717) is 5.56 Å². The second-order valence-electron chi connectivity index (χ2n) is 4.34. The number of benzene rings is 2. The Balaban J connectivity index is 1.89. The number of hydrogen-bond acceptors (Lipinski definition) is 3. The van der Waals surface area contributed by atoms with Crippen LogP contribution in [0.4, 0.5) is 5.69 Å². The number of anilines is 1. The Hall–Kier alpha value is -1.99. The normalized spacial score (nSPS) is 16.7. The highest BCUT2D eigenvalue weighted by Gasteiger charge is 2.22. The van der Waals surface area contributed by atoms with Crippen molar-refractivity contribution in [3.05, 3.63) is 58.1 Å². The van der Waals surface area contributed by atoms with Gasteiger partial charge in [0.1, 0.15) is 6.10 Å². The van der Waals surface area contributed by atoms with Crippen molar-refractivity contribution in [1.82, 2.24) is 0 Å². The molecule has 1 heterocycles. The van der Waals surface area contributed by atoms with Gasteiger partial charge < -0.3 is 10.1 Å². The average Bonchev–Trinajstić information content (AvgIpc) is 2.47. The van der Waals surface area contributed by atoms with Gasteiger partial charge in [0.05, 0.1) is 28.3 Å². The molecule has 94 valence electrons. The van der Waals surface area contributed by atoms with Gasteiger partial charge in [0, 0.05) is 0 Å². The summed E-state index contributed by atoms with van der Waals surface area (Å²) in [5, 5.41) is 12.2. The highest BCUT2D eigenvalue weighted by atomic mass is 79.9. The van der Waals surface area contributed by atoms with E-state index in [9.17, 15) is 0 Å². The van der Waals surface area contributed by atoms with Crippen LogP contribution in [0.1, 0.15) is 17.2 Å². The van der Waals surface area contributed by atoms with E-state index in [0.717, 1.165) is 28.0 Å². The Bertz CT molecular complexity index is 646. The molecule has 0 aliphatic carbocycles. The quantitative estimate of drug-likeness (QED) is 0.869. The highest BCUT2D eigenvalue weighted by Crippen LogP contribution is 2.39. The minimum atomic E-state index is -0.0426. The van der Waals surface area contributed by atoms with Crippen molar-refractivity contribution in [2.24, 2.45) is 0 Å². The van der Waals surface area contributed by atoms with Crippen molar-refractivity contribution in [3.63, 3.8) is 0 Å². The summed E-state index contributed by atoms with van der Waals surface area (Å²) >= 11 is 3.50. The zero-order valence-corrected chi connectivity index (χ0v) is 11.6. The molecule has 1 atom stereocenters. The van der Waals surface area contributed by atoms with Crippen LogP contribution in [0.2, 0.25) is 0 Å².